The molecular formula is C24H28N4O2S2. The summed E-state index contributed by atoms with van der Waals surface area (Å²) in [5.74, 6) is -0.177. The van der Waals surface area contributed by atoms with Crippen LogP contribution in [-0.4, -0.2) is 43.7 Å². The van der Waals surface area contributed by atoms with Crippen molar-refractivity contribution >= 4 is 40.7 Å². The Morgan fingerprint density at radius 2 is 1.81 bits per heavy atom. The normalized spacial score (nSPS) is 11.8. The van der Waals surface area contributed by atoms with E-state index in [0.29, 0.717) is 24.3 Å². The zero-order chi connectivity index (χ0) is 22.9. The Hall–Kier alpha value is -2.81. The van der Waals surface area contributed by atoms with Gasteiger partial charge in [-0.25, -0.2) is 4.79 Å². The molecule has 0 bridgehead atoms. The monoisotopic (exact) mass is 468 g/mol. The molecule has 1 unspecified atom stereocenters. The van der Waals surface area contributed by atoms with E-state index < -0.39 is 0 Å². The Morgan fingerprint density at radius 1 is 1.03 bits per heavy atom. The fourth-order valence-electron chi connectivity index (χ4n) is 3.21. The fraction of sp³-hybridized carbons (Fsp3) is 0.250. The van der Waals surface area contributed by atoms with E-state index in [4.69, 9.17) is 0 Å². The van der Waals surface area contributed by atoms with Crippen LogP contribution in [0.25, 0.3) is 0 Å². The number of thioether (sulfide) groups is 1. The molecule has 3 amide bonds. The standard InChI is InChI=1S/C24H28N4O2S2/c1-28(2)22(17-9-11-20(31-3)12-10-17)16-26-24(30)27-19-7-4-6-18(14-19)23(29)25-15-21-8-5-13-32-21/h4-14,22H,15-16H2,1-3H3,(H,25,29)(H2,26,27,30). The van der Waals surface area contributed by atoms with Gasteiger partial charge in [-0.15, -0.1) is 23.1 Å². The van der Waals surface area contributed by atoms with Crippen molar-refractivity contribution in [3.05, 3.63) is 82.0 Å². The van der Waals surface area contributed by atoms with Crippen LogP contribution in [0.3, 0.4) is 0 Å². The van der Waals surface area contributed by atoms with E-state index in [1.54, 1.807) is 47.4 Å². The number of rotatable bonds is 9. The summed E-state index contributed by atoms with van der Waals surface area (Å²) in [4.78, 5) is 29.3. The van der Waals surface area contributed by atoms with Crippen LogP contribution >= 0.6 is 23.1 Å². The van der Waals surface area contributed by atoms with Crippen molar-refractivity contribution in [2.75, 3.05) is 32.2 Å². The molecule has 0 aliphatic heterocycles. The molecule has 3 rings (SSSR count). The second-order valence-corrected chi connectivity index (χ2v) is 9.34. The third kappa shape index (κ3) is 6.85. The summed E-state index contributed by atoms with van der Waals surface area (Å²) in [7, 11) is 3.98. The molecule has 3 aromatic rings. The number of nitrogens with zero attached hydrogens (tertiary/aromatic N) is 1. The molecule has 3 N–H and O–H groups in total. The quantitative estimate of drug-likeness (QED) is 0.394. The van der Waals surface area contributed by atoms with E-state index >= 15 is 0 Å². The zero-order valence-electron chi connectivity index (χ0n) is 18.4. The van der Waals surface area contributed by atoms with Crippen molar-refractivity contribution < 1.29 is 9.59 Å². The molecule has 168 valence electrons. The number of hydrogen-bond donors (Lipinski definition) is 3. The molecule has 1 aromatic heterocycles. The van der Waals surface area contributed by atoms with Crippen LogP contribution in [-0.2, 0) is 6.54 Å². The van der Waals surface area contributed by atoms with Crippen molar-refractivity contribution in [1.82, 2.24) is 15.5 Å². The maximum absolute atomic E-state index is 12.5. The van der Waals surface area contributed by atoms with Crippen molar-refractivity contribution in [2.45, 2.75) is 17.5 Å². The predicted octanol–water partition coefficient (Wildman–Crippen LogP) is 4.82. The molecular weight excluding hydrogens is 440 g/mol. The van der Waals surface area contributed by atoms with Crippen LogP contribution in [0.2, 0.25) is 0 Å². The first-order chi connectivity index (χ1) is 15.5. The Kier molecular flexibility index (Phi) is 8.72. The van der Waals surface area contributed by atoms with Gasteiger partial charge in [0.1, 0.15) is 0 Å². The highest BCUT2D eigenvalue weighted by Gasteiger charge is 2.16. The fourth-order valence-corrected chi connectivity index (χ4v) is 4.26. The Balaban J connectivity index is 1.55. The second kappa shape index (κ2) is 11.7. The van der Waals surface area contributed by atoms with E-state index in [1.165, 1.54) is 4.90 Å². The number of carbonyl (C=O) groups is 2. The molecule has 8 heteroatoms. The van der Waals surface area contributed by atoms with E-state index in [-0.39, 0.29) is 18.0 Å². The molecule has 1 heterocycles. The Morgan fingerprint density at radius 3 is 2.47 bits per heavy atom. The molecule has 0 aliphatic carbocycles. The lowest BCUT2D eigenvalue weighted by molar-refractivity contribution is 0.0951. The topological polar surface area (TPSA) is 73.5 Å². The molecule has 0 saturated carbocycles. The van der Waals surface area contributed by atoms with Crippen molar-refractivity contribution in [2.24, 2.45) is 0 Å². The van der Waals surface area contributed by atoms with Gasteiger partial charge >= 0.3 is 6.03 Å². The van der Waals surface area contributed by atoms with Crippen molar-refractivity contribution in [1.29, 1.82) is 0 Å². The number of benzene rings is 2. The first-order valence-electron chi connectivity index (χ1n) is 10.2. The van der Waals surface area contributed by atoms with Gasteiger partial charge in [0.25, 0.3) is 5.91 Å². The highest BCUT2D eigenvalue weighted by Crippen LogP contribution is 2.21. The average molecular weight is 469 g/mol. The van der Waals surface area contributed by atoms with Gasteiger partial charge in [0, 0.05) is 27.6 Å². The summed E-state index contributed by atoms with van der Waals surface area (Å²) in [5.41, 5.74) is 2.20. The minimum atomic E-state index is -0.311. The van der Waals surface area contributed by atoms with Crippen molar-refractivity contribution in [3.8, 4) is 0 Å². The third-order valence-electron chi connectivity index (χ3n) is 4.97. The van der Waals surface area contributed by atoms with Gasteiger partial charge in [-0.2, -0.15) is 0 Å². The number of amides is 3. The van der Waals surface area contributed by atoms with Gasteiger partial charge in [0.2, 0.25) is 0 Å². The van der Waals surface area contributed by atoms with Crippen molar-refractivity contribution in [3.63, 3.8) is 0 Å². The minimum Gasteiger partial charge on any atom is -0.347 e. The lowest BCUT2D eigenvalue weighted by atomic mass is 10.1. The van der Waals surface area contributed by atoms with E-state index in [0.717, 1.165) is 10.4 Å². The molecule has 1 atom stereocenters. The van der Waals surface area contributed by atoms with Gasteiger partial charge in [-0.1, -0.05) is 24.3 Å². The summed E-state index contributed by atoms with van der Waals surface area (Å²) >= 11 is 3.30. The third-order valence-corrected chi connectivity index (χ3v) is 6.59. The number of nitrogens with one attached hydrogen (secondary N) is 3. The second-order valence-electron chi connectivity index (χ2n) is 7.43. The summed E-state index contributed by atoms with van der Waals surface area (Å²) in [6, 6.07) is 19.0. The lowest BCUT2D eigenvalue weighted by Gasteiger charge is -2.25. The number of hydrogen-bond acceptors (Lipinski definition) is 5. The molecule has 6 nitrogen and oxygen atoms in total. The molecule has 0 fully saturated rings. The van der Waals surface area contributed by atoms with Crippen LogP contribution in [0, 0.1) is 0 Å². The number of anilines is 1. The minimum absolute atomic E-state index is 0.0472. The summed E-state index contributed by atoms with van der Waals surface area (Å²) in [5, 5.41) is 10.6. The number of urea groups is 1. The maximum atomic E-state index is 12.5. The Bertz CT molecular complexity index is 1020. The maximum Gasteiger partial charge on any atom is 0.319 e. The van der Waals surface area contributed by atoms with E-state index in [1.807, 2.05) is 37.9 Å². The van der Waals surface area contributed by atoms with Gasteiger partial charge in [-0.3, -0.25) is 4.79 Å². The lowest BCUT2D eigenvalue weighted by Crippen LogP contribution is -2.36. The summed E-state index contributed by atoms with van der Waals surface area (Å²) in [6.45, 7) is 0.941. The number of thiophene rings is 1. The first kappa shape index (κ1) is 23.8. The van der Waals surface area contributed by atoms with E-state index in [2.05, 4.69) is 45.1 Å². The molecule has 2 aromatic carbocycles. The molecule has 32 heavy (non-hydrogen) atoms. The summed E-state index contributed by atoms with van der Waals surface area (Å²) < 4.78 is 0. The highest BCUT2D eigenvalue weighted by atomic mass is 32.2. The number of likely N-dealkylation sites (N-methyl/N-ethyl adjacent to an activating group) is 1. The molecule has 0 radical (unpaired) electrons. The van der Waals surface area contributed by atoms with Crippen LogP contribution in [0.4, 0.5) is 10.5 Å². The van der Waals surface area contributed by atoms with Crippen LogP contribution in [0.5, 0.6) is 0 Å². The summed E-state index contributed by atoms with van der Waals surface area (Å²) in [6.07, 6.45) is 2.05. The highest BCUT2D eigenvalue weighted by molar-refractivity contribution is 7.98. The van der Waals surface area contributed by atoms with E-state index in [9.17, 15) is 9.59 Å². The van der Waals surface area contributed by atoms with Crippen LogP contribution < -0.4 is 16.0 Å². The van der Waals surface area contributed by atoms with Gasteiger partial charge in [0.15, 0.2) is 0 Å². The van der Waals surface area contributed by atoms with Gasteiger partial charge in [0.05, 0.1) is 12.6 Å². The molecule has 0 aliphatic rings. The SMILES string of the molecule is CSc1ccc(C(CNC(=O)Nc2cccc(C(=O)NCc3cccs3)c2)N(C)C)cc1. The largest absolute Gasteiger partial charge is 0.347 e. The number of carbonyl (C=O) groups excluding carboxylic acids is 2. The Labute approximate surface area is 197 Å². The molecule has 0 saturated heterocycles. The van der Waals surface area contributed by atoms with Crippen LogP contribution in [0.1, 0.15) is 26.8 Å². The predicted molar refractivity (Wildman–Crippen MR) is 134 cm³/mol. The van der Waals surface area contributed by atoms with Gasteiger partial charge in [-0.05, 0) is 67.7 Å². The smallest absolute Gasteiger partial charge is 0.319 e. The van der Waals surface area contributed by atoms with Crippen LogP contribution in [0.15, 0.2) is 70.9 Å². The average Bonchev–Trinajstić information content (AvgIpc) is 3.31. The van der Waals surface area contributed by atoms with Gasteiger partial charge < -0.3 is 20.9 Å². The molecule has 0 spiro atoms. The zero-order valence-corrected chi connectivity index (χ0v) is 20.1. The first-order valence-corrected chi connectivity index (χ1v) is 12.3.